The number of ether oxygens (including phenoxy) is 2. The molecule has 13 heteroatoms. The minimum atomic E-state index is -3.87. The number of methoxy groups -OCH3 is 1. The van der Waals surface area contributed by atoms with Crippen molar-refractivity contribution in [1.82, 2.24) is 25.2 Å². The van der Waals surface area contributed by atoms with Gasteiger partial charge in [-0.25, -0.2) is 13.4 Å². The van der Waals surface area contributed by atoms with Crippen LogP contribution < -0.4 is 24.8 Å². The third-order valence-electron chi connectivity index (χ3n) is 9.24. The summed E-state index contributed by atoms with van der Waals surface area (Å²) < 4.78 is 39.4. The number of likely N-dealkylation sites (N-methyl/N-ethyl adjacent to an activating group) is 1. The average molecular weight is 642 g/mol. The monoisotopic (exact) mass is 641 g/mol. The first-order valence-electron chi connectivity index (χ1n) is 15.3. The van der Waals surface area contributed by atoms with Crippen LogP contribution in [0, 0.1) is 11.3 Å². The van der Waals surface area contributed by atoms with Gasteiger partial charge in [-0.2, -0.15) is 0 Å². The standard InChI is InChI=1S/C32H43N5O7S/c1-7-20-17-32(20,30(40)36-45(41,42)23-9-8-10-23)35-27(38)25-16-22(18-37(25)29(39)26(33-5)31(2,3)4)44-28-24-12-11-21(43-6)15-19(24)13-14-34-28/h7,11-15,20,22-23,25-26,33H,1,8-10,16-18H2,2-6H3,(H,35,38)(H,36,40)/t20-,22-,25+,26-,32-/m1/s1. The van der Waals surface area contributed by atoms with Crippen LogP contribution in [0.2, 0.25) is 0 Å². The predicted molar refractivity (Wildman–Crippen MR) is 169 cm³/mol. The molecule has 0 bridgehead atoms. The fourth-order valence-electron chi connectivity index (χ4n) is 6.30. The Labute approximate surface area is 264 Å². The zero-order valence-corrected chi connectivity index (χ0v) is 27.3. The normalized spacial score (nSPS) is 25.6. The van der Waals surface area contributed by atoms with Crippen LogP contribution in [-0.4, -0.2) is 85.7 Å². The van der Waals surface area contributed by atoms with Gasteiger partial charge in [-0.05, 0) is 61.4 Å². The van der Waals surface area contributed by atoms with Gasteiger partial charge in [0.15, 0.2) is 0 Å². The van der Waals surface area contributed by atoms with Crippen LogP contribution in [-0.2, 0) is 24.4 Å². The van der Waals surface area contributed by atoms with Gasteiger partial charge in [-0.3, -0.25) is 19.1 Å². The number of benzene rings is 1. The maximum atomic E-state index is 14.0. The van der Waals surface area contributed by atoms with E-state index in [1.807, 2.05) is 39.0 Å². The van der Waals surface area contributed by atoms with E-state index in [0.717, 1.165) is 17.2 Å². The molecular weight excluding hydrogens is 598 g/mol. The molecule has 12 nitrogen and oxygen atoms in total. The fourth-order valence-corrected chi connectivity index (χ4v) is 7.86. The van der Waals surface area contributed by atoms with E-state index in [0.29, 0.717) is 24.5 Å². The molecule has 45 heavy (non-hydrogen) atoms. The van der Waals surface area contributed by atoms with E-state index in [9.17, 15) is 22.8 Å². The number of carbonyl (C=O) groups excluding carboxylic acids is 3. The topological polar surface area (TPSA) is 156 Å². The van der Waals surface area contributed by atoms with E-state index in [1.165, 1.54) is 11.0 Å². The van der Waals surface area contributed by atoms with Crippen molar-refractivity contribution < 1.29 is 32.3 Å². The van der Waals surface area contributed by atoms with Crippen molar-refractivity contribution in [2.24, 2.45) is 11.3 Å². The van der Waals surface area contributed by atoms with Crippen LogP contribution in [0.5, 0.6) is 11.6 Å². The van der Waals surface area contributed by atoms with Crippen LogP contribution in [0.1, 0.15) is 52.9 Å². The summed E-state index contributed by atoms with van der Waals surface area (Å²) in [7, 11) is -0.581. The zero-order chi connectivity index (χ0) is 32.7. The van der Waals surface area contributed by atoms with Crippen molar-refractivity contribution in [3.05, 3.63) is 43.1 Å². The smallest absolute Gasteiger partial charge is 0.259 e. The fraction of sp³-hybridized carbons (Fsp3) is 0.562. The molecule has 0 spiro atoms. The predicted octanol–water partition coefficient (Wildman–Crippen LogP) is 2.29. The first-order valence-corrected chi connectivity index (χ1v) is 16.9. The van der Waals surface area contributed by atoms with Gasteiger partial charge in [0.1, 0.15) is 23.4 Å². The molecule has 5 atom stereocenters. The van der Waals surface area contributed by atoms with Gasteiger partial charge in [0.05, 0.1) is 24.9 Å². The minimum absolute atomic E-state index is 0.111. The van der Waals surface area contributed by atoms with Gasteiger partial charge in [0.25, 0.3) is 5.91 Å². The molecule has 2 heterocycles. The number of hydrogen-bond donors (Lipinski definition) is 3. The number of sulfonamides is 1. The minimum Gasteiger partial charge on any atom is -0.497 e. The van der Waals surface area contributed by atoms with Crippen molar-refractivity contribution in [2.45, 2.75) is 81.9 Å². The number of rotatable bonds is 11. The Morgan fingerprint density at radius 2 is 1.93 bits per heavy atom. The summed E-state index contributed by atoms with van der Waals surface area (Å²) in [6, 6.07) is 5.77. The SMILES string of the molecule is C=C[C@@H]1C[C@]1(NC(=O)[C@@H]1C[C@@H](Oc2nccc3cc(OC)ccc23)CN1C(=O)[C@@H](NC)C(C)(C)C)C(=O)NS(=O)(=O)C1CCC1. The molecule has 0 radical (unpaired) electrons. The van der Waals surface area contributed by atoms with E-state index < -0.39 is 62.1 Å². The summed E-state index contributed by atoms with van der Waals surface area (Å²) in [5.41, 5.74) is -1.94. The lowest BCUT2D eigenvalue weighted by Gasteiger charge is -2.35. The van der Waals surface area contributed by atoms with Crippen LogP contribution >= 0.6 is 0 Å². The molecule has 2 saturated carbocycles. The van der Waals surface area contributed by atoms with Gasteiger partial charge >= 0.3 is 0 Å². The van der Waals surface area contributed by atoms with Crippen molar-refractivity contribution in [3.8, 4) is 11.6 Å². The van der Waals surface area contributed by atoms with E-state index in [4.69, 9.17) is 9.47 Å². The number of pyridine rings is 1. The molecule has 3 fully saturated rings. The summed E-state index contributed by atoms with van der Waals surface area (Å²) in [6.45, 7) is 9.68. The molecule has 5 rings (SSSR count). The molecule has 1 aromatic heterocycles. The summed E-state index contributed by atoms with van der Waals surface area (Å²) >= 11 is 0. The number of amides is 3. The summed E-state index contributed by atoms with van der Waals surface area (Å²) in [5.74, 6) is -1.03. The largest absolute Gasteiger partial charge is 0.497 e. The molecule has 3 amide bonds. The first kappa shape index (κ1) is 32.7. The van der Waals surface area contributed by atoms with Crippen LogP contribution in [0.25, 0.3) is 10.8 Å². The first-order chi connectivity index (χ1) is 21.2. The highest BCUT2D eigenvalue weighted by molar-refractivity contribution is 7.90. The Hall–Kier alpha value is -3.71. The number of nitrogens with zero attached hydrogens (tertiary/aromatic N) is 2. The van der Waals surface area contributed by atoms with Gasteiger partial charge in [-0.15, -0.1) is 6.58 Å². The number of likely N-dealkylation sites (tertiary alicyclic amines) is 1. The summed E-state index contributed by atoms with van der Waals surface area (Å²) in [5, 5.41) is 6.91. The third kappa shape index (κ3) is 6.37. The van der Waals surface area contributed by atoms with Crippen molar-refractivity contribution in [3.63, 3.8) is 0 Å². The molecule has 244 valence electrons. The lowest BCUT2D eigenvalue weighted by molar-refractivity contribution is -0.142. The molecule has 3 aliphatic rings. The lowest BCUT2D eigenvalue weighted by atomic mass is 9.86. The quantitative estimate of drug-likeness (QED) is 0.314. The third-order valence-corrected chi connectivity index (χ3v) is 11.1. The Balaban J connectivity index is 1.40. The Bertz CT molecular complexity index is 1600. The average Bonchev–Trinajstić information content (AvgIpc) is 3.50. The van der Waals surface area contributed by atoms with E-state index in [1.54, 1.807) is 26.4 Å². The van der Waals surface area contributed by atoms with E-state index >= 15 is 0 Å². The number of nitrogens with one attached hydrogen (secondary N) is 3. The molecule has 3 N–H and O–H groups in total. The number of fused-ring (bicyclic) bond motifs is 1. The number of carbonyl (C=O) groups is 3. The second-order valence-corrected chi connectivity index (χ2v) is 15.3. The summed E-state index contributed by atoms with van der Waals surface area (Å²) in [4.78, 5) is 47.3. The van der Waals surface area contributed by atoms with Crippen molar-refractivity contribution in [2.75, 3.05) is 20.7 Å². The second-order valence-electron chi connectivity index (χ2n) is 13.3. The number of hydrogen-bond acceptors (Lipinski definition) is 9. The highest BCUT2D eigenvalue weighted by atomic mass is 32.2. The van der Waals surface area contributed by atoms with E-state index in [-0.39, 0.29) is 25.3 Å². The van der Waals surface area contributed by atoms with Gasteiger partial charge in [0.2, 0.25) is 27.7 Å². The maximum Gasteiger partial charge on any atom is 0.259 e. The summed E-state index contributed by atoms with van der Waals surface area (Å²) in [6.07, 6.45) is 4.70. The number of aromatic nitrogens is 1. The Morgan fingerprint density at radius 3 is 2.51 bits per heavy atom. The molecule has 0 unspecified atom stereocenters. The van der Waals surface area contributed by atoms with Crippen LogP contribution in [0.4, 0.5) is 0 Å². The van der Waals surface area contributed by atoms with Gasteiger partial charge in [-0.1, -0.05) is 33.3 Å². The molecular formula is C32H43N5O7S. The van der Waals surface area contributed by atoms with Crippen molar-refractivity contribution in [1.29, 1.82) is 0 Å². The van der Waals surface area contributed by atoms with Gasteiger partial charge in [0, 0.05) is 23.9 Å². The van der Waals surface area contributed by atoms with Crippen LogP contribution in [0.15, 0.2) is 43.1 Å². The molecule has 1 aliphatic heterocycles. The second kappa shape index (κ2) is 12.2. The highest BCUT2D eigenvalue weighted by Gasteiger charge is 2.62. The van der Waals surface area contributed by atoms with Gasteiger partial charge < -0.3 is 25.0 Å². The molecule has 2 aromatic rings. The Morgan fingerprint density at radius 1 is 1.20 bits per heavy atom. The molecule has 1 saturated heterocycles. The zero-order valence-electron chi connectivity index (χ0n) is 26.5. The maximum absolute atomic E-state index is 14.0. The molecule has 1 aromatic carbocycles. The van der Waals surface area contributed by atoms with E-state index in [2.05, 4.69) is 26.9 Å². The lowest BCUT2D eigenvalue weighted by Crippen LogP contribution is -2.59. The highest BCUT2D eigenvalue weighted by Crippen LogP contribution is 2.45. The Kier molecular flexibility index (Phi) is 8.89. The molecule has 2 aliphatic carbocycles. The van der Waals surface area contributed by atoms with Crippen molar-refractivity contribution >= 4 is 38.5 Å². The van der Waals surface area contributed by atoms with Crippen LogP contribution in [0.3, 0.4) is 0 Å².